The quantitative estimate of drug-likeness (QED) is 0.745. The Morgan fingerprint density at radius 2 is 2.31 bits per heavy atom. The van der Waals surface area contributed by atoms with Crippen LogP contribution >= 0.6 is 0 Å². The molecule has 0 atom stereocenters. The molecule has 0 amide bonds. The molecular weight excluding hydrogens is 173 g/mol. The summed E-state index contributed by atoms with van der Waals surface area (Å²) >= 11 is 0. The molecule has 0 saturated heterocycles. The topological polar surface area (TPSA) is 53.2 Å². The number of nitrogens with zero attached hydrogens (tertiary/aromatic N) is 1. The van der Waals surface area contributed by atoms with Crippen LogP contribution in [0, 0.1) is 17.1 Å². The molecule has 3 nitrogen and oxygen atoms in total. The molecule has 0 fully saturated rings. The minimum absolute atomic E-state index is 0.136. The number of rotatable bonds is 2. The van der Waals surface area contributed by atoms with Gasteiger partial charge >= 0.3 is 0 Å². The van der Waals surface area contributed by atoms with Crippen LogP contribution in [0.4, 0.5) is 4.39 Å². The van der Waals surface area contributed by atoms with E-state index in [1.54, 1.807) is 6.07 Å². The number of aliphatic hydroxyl groups is 1. The van der Waals surface area contributed by atoms with Crippen LogP contribution in [0.5, 0.6) is 5.75 Å². The first-order valence-electron chi connectivity index (χ1n) is 3.60. The highest BCUT2D eigenvalue weighted by Gasteiger charge is 2.09. The van der Waals surface area contributed by atoms with Crippen molar-refractivity contribution in [2.24, 2.45) is 0 Å². The number of benzene rings is 1. The van der Waals surface area contributed by atoms with Crippen molar-refractivity contribution in [3.05, 3.63) is 29.1 Å². The fraction of sp³-hybridized carbons (Fsp3) is 0.222. The average molecular weight is 181 g/mol. The van der Waals surface area contributed by atoms with Crippen molar-refractivity contribution in [1.82, 2.24) is 0 Å². The molecule has 1 aromatic rings. The molecule has 0 unspecified atom stereocenters. The lowest BCUT2D eigenvalue weighted by atomic mass is 10.1. The van der Waals surface area contributed by atoms with Crippen LogP contribution in [0.25, 0.3) is 0 Å². The maximum absolute atomic E-state index is 13.1. The molecule has 0 bridgehead atoms. The van der Waals surface area contributed by atoms with E-state index in [1.165, 1.54) is 13.2 Å². The van der Waals surface area contributed by atoms with E-state index >= 15 is 0 Å². The normalized spacial score (nSPS) is 9.38. The average Bonchev–Trinajstić information content (AvgIpc) is 2.16. The Morgan fingerprint density at radius 1 is 1.62 bits per heavy atom. The SMILES string of the molecule is COc1cc(F)c(C#N)c(CO)c1. The van der Waals surface area contributed by atoms with Crippen molar-refractivity contribution in [2.45, 2.75) is 6.61 Å². The van der Waals surface area contributed by atoms with Gasteiger partial charge in [-0.2, -0.15) is 5.26 Å². The zero-order valence-electron chi connectivity index (χ0n) is 7.04. The molecule has 13 heavy (non-hydrogen) atoms. The van der Waals surface area contributed by atoms with E-state index in [-0.39, 0.29) is 17.7 Å². The first kappa shape index (κ1) is 9.49. The summed E-state index contributed by atoms with van der Waals surface area (Å²) in [5.74, 6) is -0.383. The summed E-state index contributed by atoms with van der Waals surface area (Å²) in [5.41, 5.74) is 0.0997. The van der Waals surface area contributed by atoms with Crippen LogP contribution in [0.3, 0.4) is 0 Å². The van der Waals surface area contributed by atoms with Crippen molar-refractivity contribution < 1.29 is 14.2 Å². The molecule has 0 aromatic heterocycles. The molecule has 1 N–H and O–H groups in total. The molecule has 0 aliphatic heterocycles. The second kappa shape index (κ2) is 3.87. The second-order valence-electron chi connectivity index (χ2n) is 2.41. The second-order valence-corrected chi connectivity index (χ2v) is 2.41. The lowest BCUT2D eigenvalue weighted by molar-refractivity contribution is 0.280. The van der Waals surface area contributed by atoms with Gasteiger partial charge in [-0.15, -0.1) is 0 Å². The lowest BCUT2D eigenvalue weighted by Gasteiger charge is -2.04. The Labute approximate surface area is 75.0 Å². The molecule has 0 spiro atoms. The third-order valence-electron chi connectivity index (χ3n) is 1.66. The molecule has 4 heteroatoms. The van der Waals surface area contributed by atoms with Crippen LogP contribution in [0.1, 0.15) is 11.1 Å². The summed E-state index contributed by atoms with van der Waals surface area (Å²) in [4.78, 5) is 0. The summed E-state index contributed by atoms with van der Waals surface area (Å²) < 4.78 is 17.8. The number of hydrogen-bond donors (Lipinski definition) is 1. The predicted molar refractivity (Wildman–Crippen MR) is 43.6 cm³/mol. The molecular formula is C9H8FNO2. The van der Waals surface area contributed by atoms with E-state index in [0.29, 0.717) is 5.75 Å². The Morgan fingerprint density at radius 3 is 2.77 bits per heavy atom. The van der Waals surface area contributed by atoms with Crippen LogP contribution in [0.15, 0.2) is 12.1 Å². The van der Waals surface area contributed by atoms with E-state index in [1.807, 2.05) is 0 Å². The zero-order chi connectivity index (χ0) is 9.84. The minimum Gasteiger partial charge on any atom is -0.497 e. The third-order valence-corrected chi connectivity index (χ3v) is 1.66. The van der Waals surface area contributed by atoms with Gasteiger partial charge in [0.15, 0.2) is 0 Å². The van der Waals surface area contributed by atoms with E-state index in [0.717, 1.165) is 6.07 Å². The monoisotopic (exact) mass is 181 g/mol. The van der Waals surface area contributed by atoms with Gasteiger partial charge in [0, 0.05) is 11.6 Å². The van der Waals surface area contributed by atoms with Crippen molar-refractivity contribution in [3.63, 3.8) is 0 Å². The van der Waals surface area contributed by atoms with Crippen LogP contribution < -0.4 is 4.74 Å². The number of halogens is 1. The summed E-state index contributed by atoms with van der Waals surface area (Å²) in [6.07, 6.45) is 0. The standard InChI is InChI=1S/C9H8FNO2/c1-13-7-2-6(5-12)8(4-11)9(10)3-7/h2-3,12H,5H2,1H3. The fourth-order valence-electron chi connectivity index (χ4n) is 1.00. The molecule has 68 valence electrons. The lowest BCUT2D eigenvalue weighted by Crippen LogP contribution is -1.96. The molecule has 0 aliphatic carbocycles. The minimum atomic E-state index is -0.675. The summed E-state index contributed by atoms with van der Waals surface area (Å²) in [6, 6.07) is 4.22. The van der Waals surface area contributed by atoms with Gasteiger partial charge in [0.2, 0.25) is 0 Å². The van der Waals surface area contributed by atoms with E-state index in [4.69, 9.17) is 15.1 Å². The highest BCUT2D eigenvalue weighted by molar-refractivity contribution is 5.43. The highest BCUT2D eigenvalue weighted by atomic mass is 19.1. The smallest absolute Gasteiger partial charge is 0.145 e. The number of aliphatic hydroxyl groups excluding tert-OH is 1. The van der Waals surface area contributed by atoms with Gasteiger partial charge in [0.1, 0.15) is 17.6 Å². The van der Waals surface area contributed by atoms with Gasteiger partial charge < -0.3 is 9.84 Å². The molecule has 1 rings (SSSR count). The fourth-order valence-corrected chi connectivity index (χ4v) is 1.00. The maximum atomic E-state index is 13.1. The molecule has 0 aliphatic rings. The van der Waals surface area contributed by atoms with Crippen molar-refractivity contribution >= 4 is 0 Å². The third kappa shape index (κ3) is 1.76. The van der Waals surface area contributed by atoms with Crippen LogP contribution in [-0.2, 0) is 6.61 Å². The van der Waals surface area contributed by atoms with Gasteiger partial charge in [0.05, 0.1) is 19.3 Å². The van der Waals surface area contributed by atoms with E-state index in [2.05, 4.69) is 0 Å². The summed E-state index contributed by atoms with van der Waals surface area (Å²) in [6.45, 7) is -0.378. The van der Waals surface area contributed by atoms with Crippen LogP contribution in [0.2, 0.25) is 0 Å². The van der Waals surface area contributed by atoms with Crippen molar-refractivity contribution in [3.8, 4) is 11.8 Å². The highest BCUT2D eigenvalue weighted by Crippen LogP contribution is 2.20. The number of nitriles is 1. The van der Waals surface area contributed by atoms with Gasteiger partial charge in [-0.05, 0) is 6.07 Å². The molecule has 0 radical (unpaired) electrons. The predicted octanol–water partition coefficient (Wildman–Crippen LogP) is 1.20. The van der Waals surface area contributed by atoms with E-state index in [9.17, 15) is 4.39 Å². The Hall–Kier alpha value is -1.60. The van der Waals surface area contributed by atoms with Crippen molar-refractivity contribution in [2.75, 3.05) is 7.11 Å². The molecule has 0 heterocycles. The van der Waals surface area contributed by atoms with Crippen molar-refractivity contribution in [1.29, 1.82) is 5.26 Å². The Bertz CT molecular complexity index is 357. The molecule has 1 aromatic carbocycles. The first-order valence-corrected chi connectivity index (χ1v) is 3.60. The molecule has 0 saturated carbocycles. The summed E-state index contributed by atoms with van der Waals surface area (Å²) in [7, 11) is 1.39. The number of hydrogen-bond acceptors (Lipinski definition) is 3. The first-order chi connectivity index (χ1) is 6.22. The van der Waals surface area contributed by atoms with Gasteiger partial charge in [0.25, 0.3) is 0 Å². The largest absolute Gasteiger partial charge is 0.497 e. The van der Waals surface area contributed by atoms with E-state index < -0.39 is 5.82 Å². The van der Waals surface area contributed by atoms with Crippen LogP contribution in [-0.4, -0.2) is 12.2 Å². The van der Waals surface area contributed by atoms with Gasteiger partial charge in [-0.3, -0.25) is 0 Å². The number of methoxy groups -OCH3 is 1. The zero-order valence-corrected chi connectivity index (χ0v) is 7.04. The van der Waals surface area contributed by atoms with Gasteiger partial charge in [-0.25, -0.2) is 4.39 Å². The van der Waals surface area contributed by atoms with Gasteiger partial charge in [-0.1, -0.05) is 0 Å². The summed E-state index contributed by atoms with van der Waals surface area (Å²) in [5, 5.41) is 17.4. The Balaban J connectivity index is 3.31. The maximum Gasteiger partial charge on any atom is 0.145 e. The number of ether oxygens (including phenoxy) is 1. The Kier molecular flexibility index (Phi) is 2.83.